The molecular weight excluding hydrogens is 363 g/mol. The van der Waals surface area contributed by atoms with E-state index in [-0.39, 0.29) is 0 Å². The number of hydrogen-bond acceptors (Lipinski definition) is 3. The summed E-state index contributed by atoms with van der Waals surface area (Å²) in [5.74, 6) is 1.44. The fourth-order valence-corrected chi connectivity index (χ4v) is 2.00. The number of rotatable bonds is 3. The molecule has 1 aromatic carbocycles. The molecule has 2 rings (SSSR count). The van der Waals surface area contributed by atoms with Crippen LogP contribution in [0.25, 0.3) is 11.4 Å². The van der Waals surface area contributed by atoms with Crippen molar-refractivity contribution in [3.8, 4) is 17.1 Å². The van der Waals surface area contributed by atoms with Crippen LogP contribution in [0.3, 0.4) is 0 Å². The third kappa shape index (κ3) is 2.92. The Labute approximate surface area is 125 Å². The van der Waals surface area contributed by atoms with Crippen LogP contribution in [-0.2, 0) is 0 Å². The van der Waals surface area contributed by atoms with Gasteiger partial charge in [-0.1, -0.05) is 23.7 Å². The summed E-state index contributed by atoms with van der Waals surface area (Å²) >= 11 is 8.22. The zero-order chi connectivity index (χ0) is 13.1. The first kappa shape index (κ1) is 13.5. The van der Waals surface area contributed by atoms with Gasteiger partial charge in [0.15, 0.2) is 5.82 Å². The maximum absolute atomic E-state index is 6.08. The summed E-state index contributed by atoms with van der Waals surface area (Å²) in [4.78, 5) is 8.74. The molecule has 2 aromatic rings. The van der Waals surface area contributed by atoms with Crippen LogP contribution < -0.4 is 4.74 Å². The highest BCUT2D eigenvalue weighted by molar-refractivity contribution is 14.1. The zero-order valence-electron chi connectivity index (χ0n) is 10.1. The van der Waals surface area contributed by atoms with E-state index in [1.165, 1.54) is 0 Å². The highest BCUT2D eigenvalue weighted by Crippen LogP contribution is 2.25. The molecular formula is C13H12ClIN2O. The second-order valence-corrected chi connectivity index (χ2v) is 5.14. The second kappa shape index (κ2) is 5.84. The molecule has 0 saturated carbocycles. The number of aromatic nitrogens is 2. The minimum Gasteiger partial charge on any atom is -0.494 e. The fraction of sp³-hybridized carbons (Fsp3) is 0.231. The van der Waals surface area contributed by atoms with E-state index in [2.05, 4.69) is 32.6 Å². The highest BCUT2D eigenvalue weighted by atomic mass is 127. The molecule has 0 unspecified atom stereocenters. The van der Waals surface area contributed by atoms with Gasteiger partial charge in [-0.15, -0.1) is 0 Å². The van der Waals surface area contributed by atoms with E-state index in [1.807, 2.05) is 38.1 Å². The molecule has 0 bridgehead atoms. The van der Waals surface area contributed by atoms with Crippen molar-refractivity contribution in [3.63, 3.8) is 0 Å². The van der Waals surface area contributed by atoms with Crippen molar-refractivity contribution in [1.29, 1.82) is 0 Å². The van der Waals surface area contributed by atoms with Gasteiger partial charge in [-0.3, -0.25) is 0 Å². The molecule has 0 radical (unpaired) electrons. The average Bonchev–Trinajstić information content (AvgIpc) is 2.36. The van der Waals surface area contributed by atoms with Crippen molar-refractivity contribution in [1.82, 2.24) is 9.97 Å². The van der Waals surface area contributed by atoms with Crippen LogP contribution in [0.2, 0.25) is 5.15 Å². The predicted molar refractivity (Wildman–Crippen MR) is 81.1 cm³/mol. The lowest BCUT2D eigenvalue weighted by Crippen LogP contribution is -1.97. The molecule has 5 heteroatoms. The van der Waals surface area contributed by atoms with Gasteiger partial charge in [0, 0.05) is 5.56 Å². The number of hydrogen-bond donors (Lipinski definition) is 0. The van der Waals surface area contributed by atoms with Gasteiger partial charge in [0.05, 0.1) is 15.9 Å². The molecule has 0 fully saturated rings. The fourth-order valence-electron chi connectivity index (χ4n) is 1.55. The Morgan fingerprint density at radius 3 is 2.78 bits per heavy atom. The number of ether oxygens (including phenoxy) is 1. The van der Waals surface area contributed by atoms with E-state index in [0.717, 1.165) is 20.6 Å². The van der Waals surface area contributed by atoms with Crippen molar-refractivity contribution in [2.45, 2.75) is 13.8 Å². The van der Waals surface area contributed by atoms with Gasteiger partial charge in [-0.25, -0.2) is 9.97 Å². The molecule has 0 atom stereocenters. The third-order valence-corrected chi connectivity index (χ3v) is 4.26. The van der Waals surface area contributed by atoms with Gasteiger partial charge in [0.25, 0.3) is 0 Å². The van der Waals surface area contributed by atoms with Crippen molar-refractivity contribution in [2.24, 2.45) is 0 Å². The smallest absolute Gasteiger partial charge is 0.161 e. The maximum atomic E-state index is 6.08. The van der Waals surface area contributed by atoms with E-state index in [4.69, 9.17) is 16.3 Å². The first-order chi connectivity index (χ1) is 8.61. The maximum Gasteiger partial charge on any atom is 0.161 e. The monoisotopic (exact) mass is 374 g/mol. The van der Waals surface area contributed by atoms with Crippen LogP contribution in [0.5, 0.6) is 5.75 Å². The zero-order valence-corrected chi connectivity index (χ0v) is 13.0. The van der Waals surface area contributed by atoms with Crippen LogP contribution in [0.15, 0.2) is 24.3 Å². The van der Waals surface area contributed by atoms with E-state index in [0.29, 0.717) is 17.6 Å². The van der Waals surface area contributed by atoms with E-state index in [1.54, 1.807) is 0 Å². The van der Waals surface area contributed by atoms with Crippen molar-refractivity contribution in [2.75, 3.05) is 6.61 Å². The molecule has 1 aromatic heterocycles. The molecule has 18 heavy (non-hydrogen) atoms. The average molecular weight is 375 g/mol. The Morgan fingerprint density at radius 1 is 1.33 bits per heavy atom. The molecule has 0 amide bonds. The Kier molecular flexibility index (Phi) is 4.40. The molecule has 0 saturated heterocycles. The third-order valence-electron chi connectivity index (χ3n) is 2.38. The predicted octanol–water partition coefficient (Wildman–Crippen LogP) is 4.11. The SMILES string of the molecule is CCOc1cccc(-c2nc(C)c(I)c(Cl)n2)c1. The van der Waals surface area contributed by atoms with Crippen LogP contribution in [0, 0.1) is 10.5 Å². The lowest BCUT2D eigenvalue weighted by Gasteiger charge is -2.07. The van der Waals surface area contributed by atoms with Crippen LogP contribution in [0.4, 0.5) is 0 Å². The molecule has 3 nitrogen and oxygen atoms in total. The topological polar surface area (TPSA) is 35.0 Å². The van der Waals surface area contributed by atoms with Gasteiger partial charge in [0.1, 0.15) is 10.9 Å². The van der Waals surface area contributed by atoms with E-state index in [9.17, 15) is 0 Å². The second-order valence-electron chi connectivity index (χ2n) is 3.70. The summed E-state index contributed by atoms with van der Waals surface area (Å²) in [7, 11) is 0. The normalized spacial score (nSPS) is 10.4. The van der Waals surface area contributed by atoms with Crippen molar-refractivity contribution >= 4 is 34.2 Å². The molecule has 0 N–H and O–H groups in total. The number of halogens is 2. The summed E-state index contributed by atoms with van der Waals surface area (Å²) in [6, 6.07) is 7.70. The number of benzene rings is 1. The Hall–Kier alpha value is -0.880. The van der Waals surface area contributed by atoms with Crippen LogP contribution in [-0.4, -0.2) is 16.6 Å². The lowest BCUT2D eigenvalue weighted by atomic mass is 10.2. The standard InChI is InChI=1S/C13H12ClIN2O/c1-3-18-10-6-4-5-9(7-10)13-16-8(2)11(15)12(14)17-13/h4-7H,3H2,1-2H3. The molecule has 0 aliphatic heterocycles. The number of aryl methyl sites for hydroxylation is 1. The minimum atomic E-state index is 0.486. The lowest BCUT2D eigenvalue weighted by molar-refractivity contribution is 0.340. The van der Waals surface area contributed by atoms with Gasteiger partial charge in [0.2, 0.25) is 0 Å². The Balaban J connectivity index is 2.45. The summed E-state index contributed by atoms with van der Waals surface area (Å²) < 4.78 is 6.35. The van der Waals surface area contributed by atoms with Crippen molar-refractivity contribution in [3.05, 3.63) is 38.7 Å². The first-order valence-electron chi connectivity index (χ1n) is 5.54. The molecule has 0 aliphatic rings. The summed E-state index contributed by atoms with van der Waals surface area (Å²) in [6.07, 6.45) is 0. The summed E-state index contributed by atoms with van der Waals surface area (Å²) in [5.41, 5.74) is 1.79. The molecule has 0 spiro atoms. The highest BCUT2D eigenvalue weighted by Gasteiger charge is 2.09. The molecule has 94 valence electrons. The van der Waals surface area contributed by atoms with E-state index >= 15 is 0 Å². The van der Waals surface area contributed by atoms with Gasteiger partial charge in [-0.05, 0) is 48.6 Å². The quantitative estimate of drug-likeness (QED) is 0.599. The molecule has 0 aliphatic carbocycles. The van der Waals surface area contributed by atoms with Gasteiger partial charge >= 0.3 is 0 Å². The van der Waals surface area contributed by atoms with Crippen LogP contribution in [0.1, 0.15) is 12.6 Å². The van der Waals surface area contributed by atoms with Crippen LogP contribution >= 0.6 is 34.2 Å². The largest absolute Gasteiger partial charge is 0.494 e. The van der Waals surface area contributed by atoms with E-state index < -0.39 is 0 Å². The molecule has 1 heterocycles. The Bertz CT molecular complexity index is 552. The summed E-state index contributed by atoms with van der Waals surface area (Å²) in [5, 5.41) is 0.486. The number of nitrogens with zero attached hydrogens (tertiary/aromatic N) is 2. The van der Waals surface area contributed by atoms with Crippen molar-refractivity contribution < 1.29 is 4.74 Å². The first-order valence-corrected chi connectivity index (χ1v) is 7.00. The van der Waals surface area contributed by atoms with Gasteiger partial charge < -0.3 is 4.74 Å². The minimum absolute atomic E-state index is 0.486. The van der Waals surface area contributed by atoms with Gasteiger partial charge in [-0.2, -0.15) is 0 Å². The Morgan fingerprint density at radius 2 is 2.11 bits per heavy atom. The summed E-state index contributed by atoms with van der Waals surface area (Å²) in [6.45, 7) is 4.51.